The zero-order chi connectivity index (χ0) is 20.7. The summed E-state index contributed by atoms with van der Waals surface area (Å²) in [5.41, 5.74) is 3.29. The minimum atomic E-state index is -2.73. The standard InChI is InChI=1S/C22H28N2O3S/c1-5-6-17-11-15(2)20(16(3)12-17)21-18(25)13-22(14-19(21)26)7-9-24(10-8-22)28(4,23)27/h11-12,21,23H,7-10,13-14H2,1-4H3. The number of carbonyl (C=O) groups excluding carboxylic acids is 2. The lowest BCUT2D eigenvalue weighted by molar-refractivity contribution is -0.138. The summed E-state index contributed by atoms with van der Waals surface area (Å²) >= 11 is 0. The van der Waals surface area contributed by atoms with Gasteiger partial charge in [0.25, 0.3) is 0 Å². The number of ketones is 2. The first-order chi connectivity index (χ1) is 13.1. The molecule has 1 atom stereocenters. The fourth-order valence-electron chi connectivity index (χ4n) is 4.82. The van der Waals surface area contributed by atoms with Gasteiger partial charge >= 0.3 is 0 Å². The third kappa shape index (κ3) is 3.92. The first-order valence-electron chi connectivity index (χ1n) is 9.64. The first kappa shape index (κ1) is 20.8. The monoisotopic (exact) mass is 400 g/mol. The van der Waals surface area contributed by atoms with Crippen molar-refractivity contribution >= 4 is 21.5 Å². The summed E-state index contributed by atoms with van der Waals surface area (Å²) in [5.74, 6) is 5.23. The Morgan fingerprint density at radius 3 is 2.04 bits per heavy atom. The molecule has 1 aromatic rings. The van der Waals surface area contributed by atoms with E-state index in [9.17, 15) is 13.8 Å². The van der Waals surface area contributed by atoms with Gasteiger partial charge in [-0.25, -0.2) is 13.3 Å². The van der Waals surface area contributed by atoms with Crippen LogP contribution in [0.1, 0.15) is 60.8 Å². The smallest absolute Gasteiger partial charge is 0.148 e. The lowest BCUT2D eigenvalue weighted by Crippen LogP contribution is -2.48. The van der Waals surface area contributed by atoms with Crippen LogP contribution in [0.3, 0.4) is 0 Å². The summed E-state index contributed by atoms with van der Waals surface area (Å²) in [6, 6.07) is 3.91. The van der Waals surface area contributed by atoms with E-state index in [-0.39, 0.29) is 17.0 Å². The summed E-state index contributed by atoms with van der Waals surface area (Å²) in [6.45, 7) is 6.69. The van der Waals surface area contributed by atoms with Gasteiger partial charge in [0.2, 0.25) is 0 Å². The highest BCUT2D eigenvalue weighted by Crippen LogP contribution is 2.46. The maximum absolute atomic E-state index is 13.1. The molecule has 1 aromatic carbocycles. The number of piperidine rings is 1. The minimum absolute atomic E-state index is 0.00617. The molecule has 1 unspecified atom stereocenters. The van der Waals surface area contributed by atoms with E-state index in [1.54, 1.807) is 11.2 Å². The summed E-state index contributed by atoms with van der Waals surface area (Å²) < 4.78 is 21.4. The van der Waals surface area contributed by atoms with Crippen LogP contribution in [0.15, 0.2) is 12.1 Å². The average Bonchev–Trinajstić information content (AvgIpc) is 2.56. The Kier molecular flexibility index (Phi) is 5.53. The van der Waals surface area contributed by atoms with Crippen LogP contribution in [-0.4, -0.2) is 39.4 Å². The van der Waals surface area contributed by atoms with Crippen molar-refractivity contribution in [2.45, 2.75) is 52.4 Å². The molecule has 1 saturated heterocycles. The zero-order valence-corrected chi connectivity index (χ0v) is 17.9. The Hall–Kier alpha value is -1.97. The molecule has 3 rings (SSSR count). The van der Waals surface area contributed by atoms with Gasteiger partial charge in [-0.05, 0) is 67.9 Å². The van der Waals surface area contributed by atoms with Crippen LogP contribution in [0.25, 0.3) is 0 Å². The van der Waals surface area contributed by atoms with Crippen LogP contribution in [0, 0.1) is 35.9 Å². The molecule has 1 heterocycles. The van der Waals surface area contributed by atoms with E-state index < -0.39 is 15.8 Å². The summed E-state index contributed by atoms with van der Waals surface area (Å²) in [6.07, 6.45) is 3.48. The van der Waals surface area contributed by atoms with E-state index in [2.05, 4.69) is 11.8 Å². The van der Waals surface area contributed by atoms with Gasteiger partial charge < -0.3 is 0 Å². The quantitative estimate of drug-likeness (QED) is 0.611. The van der Waals surface area contributed by atoms with Gasteiger partial charge in [-0.2, -0.15) is 0 Å². The second-order valence-corrected chi connectivity index (χ2v) is 10.5. The third-order valence-corrected chi connectivity index (χ3v) is 7.52. The van der Waals surface area contributed by atoms with Crippen molar-refractivity contribution in [3.8, 4) is 11.8 Å². The summed E-state index contributed by atoms with van der Waals surface area (Å²) in [4.78, 5) is 26.2. The molecule has 1 spiro atoms. The molecule has 1 saturated carbocycles. The lowest BCUT2D eigenvalue weighted by Gasteiger charge is -2.44. The van der Waals surface area contributed by atoms with Crippen molar-refractivity contribution in [2.24, 2.45) is 5.41 Å². The molecule has 1 aliphatic carbocycles. The predicted octanol–water partition coefficient (Wildman–Crippen LogP) is 3.36. The molecule has 6 heteroatoms. The predicted molar refractivity (Wildman–Crippen MR) is 110 cm³/mol. The normalized spacial score (nSPS) is 22.6. The lowest BCUT2D eigenvalue weighted by atomic mass is 9.63. The van der Waals surface area contributed by atoms with Crippen molar-refractivity contribution in [3.63, 3.8) is 0 Å². The molecular weight excluding hydrogens is 372 g/mol. The molecule has 150 valence electrons. The molecule has 0 amide bonds. The SMILES string of the molecule is CC#Cc1cc(C)c(C2C(=O)CC3(CCN(S(C)(=N)=O)CC3)CC2=O)c(C)c1. The maximum Gasteiger partial charge on any atom is 0.148 e. The molecular formula is C22H28N2O3S. The Labute approximate surface area is 168 Å². The van der Waals surface area contributed by atoms with Gasteiger partial charge in [-0.1, -0.05) is 5.92 Å². The number of hydrogen-bond donors (Lipinski definition) is 1. The number of hydrogen-bond acceptors (Lipinski definition) is 4. The molecule has 2 aliphatic rings. The molecule has 1 N–H and O–H groups in total. The van der Waals surface area contributed by atoms with E-state index in [1.165, 1.54) is 6.26 Å². The fourth-order valence-corrected chi connectivity index (χ4v) is 5.70. The van der Waals surface area contributed by atoms with E-state index >= 15 is 0 Å². The van der Waals surface area contributed by atoms with Crippen LogP contribution >= 0.6 is 0 Å². The third-order valence-electron chi connectivity index (χ3n) is 6.17. The van der Waals surface area contributed by atoms with Crippen molar-refractivity contribution < 1.29 is 13.8 Å². The van der Waals surface area contributed by atoms with Crippen LogP contribution in [0.4, 0.5) is 0 Å². The molecule has 5 nitrogen and oxygen atoms in total. The highest BCUT2D eigenvalue weighted by Gasteiger charge is 2.47. The Bertz CT molecular complexity index is 947. The molecule has 2 fully saturated rings. The average molecular weight is 401 g/mol. The highest BCUT2D eigenvalue weighted by atomic mass is 32.2. The van der Waals surface area contributed by atoms with Crippen molar-refractivity contribution in [3.05, 3.63) is 34.4 Å². The largest absolute Gasteiger partial charge is 0.299 e. The number of Topliss-reactive ketones (excluding diaryl/α,β-unsaturated/α-hetero) is 2. The summed E-state index contributed by atoms with van der Waals surface area (Å²) in [5, 5.41) is 0. The van der Waals surface area contributed by atoms with E-state index in [0.29, 0.717) is 38.8 Å². The van der Waals surface area contributed by atoms with E-state index in [0.717, 1.165) is 22.3 Å². The number of benzene rings is 1. The number of carbonyl (C=O) groups is 2. The van der Waals surface area contributed by atoms with Gasteiger partial charge in [-0.3, -0.25) is 9.59 Å². The molecule has 0 radical (unpaired) electrons. The molecule has 28 heavy (non-hydrogen) atoms. The molecule has 1 aliphatic heterocycles. The highest BCUT2D eigenvalue weighted by molar-refractivity contribution is 7.89. The van der Waals surface area contributed by atoms with Gasteiger partial charge in [0, 0.05) is 37.8 Å². The van der Waals surface area contributed by atoms with Gasteiger partial charge in [0.1, 0.15) is 27.4 Å². The van der Waals surface area contributed by atoms with Gasteiger partial charge in [-0.15, -0.1) is 5.92 Å². The number of nitrogens with zero attached hydrogens (tertiary/aromatic N) is 1. The van der Waals surface area contributed by atoms with Gasteiger partial charge in [0.15, 0.2) is 0 Å². The Morgan fingerprint density at radius 1 is 1.11 bits per heavy atom. The Balaban J connectivity index is 1.85. The van der Waals surface area contributed by atoms with Crippen LogP contribution < -0.4 is 0 Å². The number of nitrogens with one attached hydrogen (secondary N) is 1. The summed E-state index contributed by atoms with van der Waals surface area (Å²) in [7, 11) is -2.73. The van der Waals surface area contributed by atoms with E-state index in [1.807, 2.05) is 26.0 Å². The van der Waals surface area contributed by atoms with Gasteiger partial charge in [0.05, 0.1) is 0 Å². The minimum Gasteiger partial charge on any atom is -0.299 e. The Morgan fingerprint density at radius 2 is 1.61 bits per heavy atom. The second kappa shape index (κ2) is 7.46. The van der Waals surface area contributed by atoms with Crippen LogP contribution in [0.5, 0.6) is 0 Å². The molecule has 0 bridgehead atoms. The van der Waals surface area contributed by atoms with Crippen LogP contribution in [0.2, 0.25) is 0 Å². The first-order valence-corrected chi connectivity index (χ1v) is 11.6. The van der Waals surface area contributed by atoms with Crippen molar-refractivity contribution in [2.75, 3.05) is 19.3 Å². The van der Waals surface area contributed by atoms with E-state index in [4.69, 9.17) is 4.78 Å². The second-order valence-electron chi connectivity index (χ2n) is 8.35. The van der Waals surface area contributed by atoms with Crippen molar-refractivity contribution in [1.82, 2.24) is 4.31 Å². The number of rotatable bonds is 2. The van der Waals surface area contributed by atoms with Crippen LogP contribution in [-0.2, 0) is 19.5 Å². The fraction of sp³-hybridized carbons (Fsp3) is 0.545. The topological polar surface area (TPSA) is 78.3 Å². The maximum atomic E-state index is 13.1. The number of aryl methyl sites for hydroxylation is 2. The molecule has 0 aromatic heterocycles. The zero-order valence-electron chi connectivity index (χ0n) is 17.1. The van der Waals surface area contributed by atoms with Crippen molar-refractivity contribution in [1.29, 1.82) is 4.78 Å².